The standard InChI is InChI=1S/C19H25ClN4.HI/c1-4-22-19(23-12-10-16-9-11-21-13-14(16)2)24-15(3)17-7-5-6-8-18(17)20;/h5-9,11,13,15H,4,10,12H2,1-3H3,(H2,22,23,24);1H. The van der Waals surface area contributed by atoms with Gasteiger partial charge in [0.25, 0.3) is 0 Å². The monoisotopic (exact) mass is 472 g/mol. The van der Waals surface area contributed by atoms with Crippen LogP contribution < -0.4 is 10.6 Å². The van der Waals surface area contributed by atoms with E-state index in [4.69, 9.17) is 11.6 Å². The maximum Gasteiger partial charge on any atom is 0.191 e. The second kappa shape index (κ2) is 11.3. The van der Waals surface area contributed by atoms with Gasteiger partial charge in [-0.3, -0.25) is 9.98 Å². The van der Waals surface area contributed by atoms with Crippen LogP contribution in [0.5, 0.6) is 0 Å². The van der Waals surface area contributed by atoms with Crippen LogP contribution in [-0.2, 0) is 6.42 Å². The van der Waals surface area contributed by atoms with E-state index in [1.54, 1.807) is 0 Å². The van der Waals surface area contributed by atoms with E-state index >= 15 is 0 Å². The Hall–Kier alpha value is -1.34. The SMILES string of the molecule is CCNC(=NCCc1ccncc1C)NC(C)c1ccccc1Cl.I. The maximum atomic E-state index is 6.28. The Bertz CT molecular complexity index is 691. The van der Waals surface area contributed by atoms with Crippen molar-refractivity contribution in [2.24, 2.45) is 4.99 Å². The van der Waals surface area contributed by atoms with Crippen LogP contribution in [0.4, 0.5) is 0 Å². The molecule has 2 aromatic rings. The summed E-state index contributed by atoms with van der Waals surface area (Å²) in [4.78, 5) is 8.80. The van der Waals surface area contributed by atoms with E-state index in [0.29, 0.717) is 0 Å². The van der Waals surface area contributed by atoms with E-state index in [2.05, 4.69) is 47.4 Å². The zero-order valence-electron chi connectivity index (χ0n) is 14.9. The predicted octanol–water partition coefficient (Wildman–Crippen LogP) is 4.52. The highest BCUT2D eigenvalue weighted by Gasteiger charge is 2.10. The Kier molecular flexibility index (Phi) is 9.82. The van der Waals surface area contributed by atoms with Crippen molar-refractivity contribution in [3.05, 3.63) is 64.4 Å². The van der Waals surface area contributed by atoms with Gasteiger partial charge in [-0.2, -0.15) is 0 Å². The lowest BCUT2D eigenvalue weighted by Crippen LogP contribution is -2.39. The number of nitrogens with zero attached hydrogens (tertiary/aromatic N) is 2. The Morgan fingerprint density at radius 1 is 1.28 bits per heavy atom. The summed E-state index contributed by atoms with van der Waals surface area (Å²) < 4.78 is 0. The van der Waals surface area contributed by atoms with Gasteiger partial charge in [0.15, 0.2) is 5.96 Å². The topological polar surface area (TPSA) is 49.3 Å². The van der Waals surface area contributed by atoms with Crippen molar-refractivity contribution in [1.82, 2.24) is 15.6 Å². The van der Waals surface area contributed by atoms with Crippen LogP contribution in [-0.4, -0.2) is 24.0 Å². The average molecular weight is 473 g/mol. The van der Waals surface area contributed by atoms with Crippen LogP contribution in [0.3, 0.4) is 0 Å². The zero-order chi connectivity index (χ0) is 17.4. The van der Waals surface area contributed by atoms with Crippen LogP contribution in [0.1, 0.15) is 36.6 Å². The van der Waals surface area contributed by atoms with Crippen LogP contribution in [0.25, 0.3) is 0 Å². The van der Waals surface area contributed by atoms with Crippen molar-refractivity contribution in [1.29, 1.82) is 0 Å². The highest BCUT2D eigenvalue weighted by molar-refractivity contribution is 14.0. The molecule has 4 nitrogen and oxygen atoms in total. The summed E-state index contributed by atoms with van der Waals surface area (Å²) in [6, 6.07) is 10.0. The molecule has 0 spiro atoms. The van der Waals surface area contributed by atoms with Gasteiger partial charge < -0.3 is 10.6 Å². The van der Waals surface area contributed by atoms with Gasteiger partial charge in [-0.25, -0.2) is 0 Å². The number of rotatable bonds is 6. The number of nitrogens with one attached hydrogen (secondary N) is 2. The molecular weight excluding hydrogens is 447 g/mol. The number of aryl methyl sites for hydroxylation is 1. The molecule has 1 aromatic carbocycles. The average Bonchev–Trinajstić information content (AvgIpc) is 2.57. The van der Waals surface area contributed by atoms with Crippen molar-refractivity contribution in [2.45, 2.75) is 33.2 Å². The lowest BCUT2D eigenvalue weighted by molar-refractivity contribution is 0.686. The molecule has 0 amide bonds. The van der Waals surface area contributed by atoms with Gasteiger partial charge in [0.05, 0.1) is 6.04 Å². The lowest BCUT2D eigenvalue weighted by atomic mass is 10.1. The molecule has 0 bridgehead atoms. The van der Waals surface area contributed by atoms with Gasteiger partial charge in [-0.1, -0.05) is 29.8 Å². The van der Waals surface area contributed by atoms with Crippen molar-refractivity contribution >= 4 is 41.5 Å². The minimum atomic E-state index is 0. The number of hydrogen-bond donors (Lipinski definition) is 2. The highest BCUT2D eigenvalue weighted by atomic mass is 127. The summed E-state index contributed by atoms with van der Waals surface area (Å²) >= 11 is 6.28. The molecule has 6 heteroatoms. The number of aliphatic imine (C=N–C) groups is 1. The number of pyridine rings is 1. The molecule has 25 heavy (non-hydrogen) atoms. The lowest BCUT2D eigenvalue weighted by Gasteiger charge is -2.19. The minimum absolute atomic E-state index is 0. The van der Waals surface area contributed by atoms with Crippen LogP contribution in [0.15, 0.2) is 47.7 Å². The van der Waals surface area contributed by atoms with E-state index in [9.17, 15) is 0 Å². The second-order valence-corrected chi connectivity index (χ2v) is 6.11. The third-order valence-corrected chi connectivity index (χ3v) is 4.20. The Morgan fingerprint density at radius 3 is 2.72 bits per heavy atom. The van der Waals surface area contributed by atoms with Crippen molar-refractivity contribution in [2.75, 3.05) is 13.1 Å². The van der Waals surface area contributed by atoms with Gasteiger partial charge in [0.2, 0.25) is 0 Å². The van der Waals surface area contributed by atoms with Crippen LogP contribution in [0, 0.1) is 6.92 Å². The number of guanidine groups is 1. The minimum Gasteiger partial charge on any atom is -0.357 e. The molecule has 1 heterocycles. The van der Waals surface area contributed by atoms with Crippen molar-refractivity contribution < 1.29 is 0 Å². The molecule has 0 aliphatic heterocycles. The molecule has 0 aliphatic rings. The van der Waals surface area contributed by atoms with Crippen molar-refractivity contribution in [3.63, 3.8) is 0 Å². The molecule has 136 valence electrons. The smallest absolute Gasteiger partial charge is 0.191 e. The first kappa shape index (κ1) is 21.7. The first-order valence-electron chi connectivity index (χ1n) is 8.30. The summed E-state index contributed by atoms with van der Waals surface area (Å²) in [5.41, 5.74) is 3.55. The summed E-state index contributed by atoms with van der Waals surface area (Å²) in [6.45, 7) is 7.76. The molecular formula is C19H26ClIN4. The molecule has 0 radical (unpaired) electrons. The molecule has 0 saturated heterocycles. The fraction of sp³-hybridized carbons (Fsp3) is 0.368. The molecule has 2 N–H and O–H groups in total. The van der Waals surface area contributed by atoms with E-state index in [1.807, 2.05) is 36.7 Å². The van der Waals surface area contributed by atoms with Gasteiger partial charge in [-0.05, 0) is 56.0 Å². The van der Waals surface area contributed by atoms with E-state index in [0.717, 1.165) is 36.1 Å². The second-order valence-electron chi connectivity index (χ2n) is 5.70. The molecule has 2 rings (SSSR count). The van der Waals surface area contributed by atoms with Crippen molar-refractivity contribution in [3.8, 4) is 0 Å². The Morgan fingerprint density at radius 2 is 2.04 bits per heavy atom. The predicted molar refractivity (Wildman–Crippen MR) is 117 cm³/mol. The van der Waals surface area contributed by atoms with Crippen LogP contribution >= 0.6 is 35.6 Å². The summed E-state index contributed by atoms with van der Waals surface area (Å²) in [5, 5.41) is 7.47. The van der Waals surface area contributed by atoms with E-state index in [-0.39, 0.29) is 30.0 Å². The normalized spacial score (nSPS) is 12.2. The molecule has 0 saturated carbocycles. The first-order valence-corrected chi connectivity index (χ1v) is 8.68. The Balaban J connectivity index is 0.00000312. The first-order chi connectivity index (χ1) is 11.6. The summed E-state index contributed by atoms with van der Waals surface area (Å²) in [5.74, 6) is 0.802. The highest BCUT2D eigenvalue weighted by Crippen LogP contribution is 2.21. The van der Waals surface area contributed by atoms with Gasteiger partial charge in [-0.15, -0.1) is 24.0 Å². The number of hydrogen-bond acceptors (Lipinski definition) is 2. The number of halogens is 2. The van der Waals surface area contributed by atoms with E-state index in [1.165, 1.54) is 11.1 Å². The van der Waals surface area contributed by atoms with Crippen LogP contribution in [0.2, 0.25) is 5.02 Å². The zero-order valence-corrected chi connectivity index (χ0v) is 18.0. The maximum absolute atomic E-state index is 6.28. The fourth-order valence-electron chi connectivity index (χ4n) is 2.50. The number of benzene rings is 1. The summed E-state index contributed by atoms with van der Waals surface area (Å²) in [7, 11) is 0. The molecule has 1 atom stereocenters. The molecule has 1 unspecified atom stereocenters. The summed E-state index contributed by atoms with van der Waals surface area (Å²) in [6.07, 6.45) is 4.61. The molecule has 1 aromatic heterocycles. The van der Waals surface area contributed by atoms with E-state index < -0.39 is 0 Å². The number of aromatic nitrogens is 1. The van der Waals surface area contributed by atoms with Gasteiger partial charge in [0, 0.05) is 30.5 Å². The Labute approximate surface area is 172 Å². The fourth-order valence-corrected chi connectivity index (χ4v) is 2.80. The van der Waals surface area contributed by atoms with Gasteiger partial charge in [0.1, 0.15) is 0 Å². The third kappa shape index (κ3) is 6.82. The van der Waals surface area contributed by atoms with Gasteiger partial charge >= 0.3 is 0 Å². The largest absolute Gasteiger partial charge is 0.357 e. The molecule has 0 fully saturated rings. The quantitative estimate of drug-likeness (QED) is 0.369. The molecule has 0 aliphatic carbocycles. The third-order valence-electron chi connectivity index (χ3n) is 3.86.